The van der Waals surface area contributed by atoms with Crippen molar-refractivity contribution in [1.29, 1.82) is 0 Å². The second-order valence-electron chi connectivity index (χ2n) is 6.06. The van der Waals surface area contributed by atoms with Crippen molar-refractivity contribution >= 4 is 15.9 Å². The molecule has 8 heteroatoms. The van der Waals surface area contributed by atoms with Crippen LogP contribution in [0.4, 0.5) is 0 Å². The molecule has 0 aromatic carbocycles. The van der Waals surface area contributed by atoms with E-state index in [9.17, 15) is 13.2 Å². The molecule has 1 amide bonds. The standard InChI is InChI=1S/C13H27N3O4S/c1-13(2,15(3)4)11-14-12(17)5-10-21(18,19)16-6-8-20-9-7-16/h5-11H2,1-4H3,(H,14,17). The smallest absolute Gasteiger partial charge is 0.221 e. The summed E-state index contributed by atoms with van der Waals surface area (Å²) in [5.74, 6) is -0.386. The minimum Gasteiger partial charge on any atom is -0.379 e. The van der Waals surface area contributed by atoms with Crippen molar-refractivity contribution in [1.82, 2.24) is 14.5 Å². The number of nitrogens with zero attached hydrogens (tertiary/aromatic N) is 2. The molecule has 7 nitrogen and oxygen atoms in total. The Morgan fingerprint density at radius 2 is 1.86 bits per heavy atom. The Morgan fingerprint density at radius 3 is 2.38 bits per heavy atom. The maximum atomic E-state index is 12.1. The topological polar surface area (TPSA) is 79.0 Å². The average Bonchev–Trinajstić information content (AvgIpc) is 2.44. The number of amides is 1. The van der Waals surface area contributed by atoms with E-state index in [1.165, 1.54) is 4.31 Å². The van der Waals surface area contributed by atoms with Gasteiger partial charge in [0.15, 0.2) is 0 Å². The maximum absolute atomic E-state index is 12.1. The van der Waals surface area contributed by atoms with Crippen LogP contribution in [0.5, 0.6) is 0 Å². The number of nitrogens with one attached hydrogen (secondary N) is 1. The van der Waals surface area contributed by atoms with Crippen molar-refractivity contribution in [3.8, 4) is 0 Å². The van der Waals surface area contributed by atoms with Gasteiger partial charge in [-0.05, 0) is 27.9 Å². The highest BCUT2D eigenvalue weighted by Gasteiger charge is 2.26. The highest BCUT2D eigenvalue weighted by Crippen LogP contribution is 2.09. The van der Waals surface area contributed by atoms with E-state index in [0.29, 0.717) is 32.8 Å². The van der Waals surface area contributed by atoms with Gasteiger partial charge in [-0.25, -0.2) is 8.42 Å². The van der Waals surface area contributed by atoms with Gasteiger partial charge in [0.05, 0.1) is 19.0 Å². The summed E-state index contributed by atoms with van der Waals surface area (Å²) < 4.78 is 30.7. The minimum atomic E-state index is -3.37. The van der Waals surface area contributed by atoms with Gasteiger partial charge in [0, 0.05) is 31.6 Å². The van der Waals surface area contributed by atoms with Gasteiger partial charge >= 0.3 is 0 Å². The summed E-state index contributed by atoms with van der Waals surface area (Å²) in [5, 5.41) is 2.79. The summed E-state index contributed by atoms with van der Waals surface area (Å²) >= 11 is 0. The third-order valence-corrected chi connectivity index (χ3v) is 5.75. The van der Waals surface area contributed by atoms with Crippen molar-refractivity contribution in [3.63, 3.8) is 0 Å². The number of carbonyl (C=O) groups is 1. The molecule has 0 aliphatic carbocycles. The normalized spacial score (nSPS) is 18.0. The maximum Gasteiger partial charge on any atom is 0.221 e. The Morgan fingerprint density at radius 1 is 1.29 bits per heavy atom. The zero-order valence-corrected chi connectivity index (χ0v) is 14.2. The quantitative estimate of drug-likeness (QED) is 0.683. The number of carbonyl (C=O) groups excluding carboxylic acids is 1. The molecule has 0 aromatic rings. The Kier molecular flexibility index (Phi) is 6.58. The lowest BCUT2D eigenvalue weighted by Crippen LogP contribution is -2.48. The van der Waals surface area contributed by atoms with Crippen LogP contribution in [0, 0.1) is 0 Å². The van der Waals surface area contributed by atoms with Crippen LogP contribution in [0.15, 0.2) is 0 Å². The molecular formula is C13H27N3O4S. The van der Waals surface area contributed by atoms with E-state index >= 15 is 0 Å². The van der Waals surface area contributed by atoms with E-state index in [1.807, 2.05) is 32.8 Å². The fourth-order valence-corrected chi connectivity index (χ4v) is 3.14. The third kappa shape index (κ3) is 5.90. The average molecular weight is 321 g/mol. The predicted molar refractivity (Wildman–Crippen MR) is 81.6 cm³/mol. The van der Waals surface area contributed by atoms with Gasteiger partial charge in [0.25, 0.3) is 0 Å². The lowest BCUT2D eigenvalue weighted by atomic mass is 10.0. The minimum absolute atomic E-state index is 0.0107. The predicted octanol–water partition coefficient (Wildman–Crippen LogP) is -0.505. The molecular weight excluding hydrogens is 294 g/mol. The number of hydrogen-bond acceptors (Lipinski definition) is 5. The Labute approximate surface area is 127 Å². The Hall–Kier alpha value is -0.700. The Bertz CT molecular complexity index is 442. The molecule has 1 aliphatic rings. The first-order chi connectivity index (χ1) is 9.65. The summed E-state index contributed by atoms with van der Waals surface area (Å²) in [5.41, 5.74) is -0.168. The van der Waals surface area contributed by atoms with Crippen LogP contribution in [0.3, 0.4) is 0 Å². The highest BCUT2D eigenvalue weighted by molar-refractivity contribution is 7.89. The first-order valence-corrected chi connectivity index (χ1v) is 8.76. The van der Waals surface area contributed by atoms with Crippen molar-refractivity contribution in [2.24, 2.45) is 0 Å². The molecule has 124 valence electrons. The van der Waals surface area contributed by atoms with Gasteiger partial charge in [-0.1, -0.05) is 0 Å². The lowest BCUT2D eigenvalue weighted by Gasteiger charge is -2.32. The molecule has 1 fully saturated rings. The molecule has 21 heavy (non-hydrogen) atoms. The molecule has 1 heterocycles. The lowest BCUT2D eigenvalue weighted by molar-refractivity contribution is -0.121. The summed E-state index contributed by atoms with van der Waals surface area (Å²) in [6.45, 7) is 6.09. The van der Waals surface area contributed by atoms with Crippen LogP contribution in [0.25, 0.3) is 0 Å². The molecule has 1 rings (SSSR count). The molecule has 0 radical (unpaired) electrons. The highest BCUT2D eigenvalue weighted by atomic mass is 32.2. The second-order valence-corrected chi connectivity index (χ2v) is 8.15. The van der Waals surface area contributed by atoms with E-state index in [-0.39, 0.29) is 23.6 Å². The van der Waals surface area contributed by atoms with Crippen LogP contribution >= 0.6 is 0 Å². The summed E-state index contributed by atoms with van der Waals surface area (Å²) in [6.07, 6.45) is -0.0107. The van der Waals surface area contributed by atoms with Gasteiger partial charge in [-0.2, -0.15) is 4.31 Å². The largest absolute Gasteiger partial charge is 0.379 e. The van der Waals surface area contributed by atoms with E-state index in [2.05, 4.69) is 5.32 Å². The summed E-state index contributed by atoms with van der Waals surface area (Å²) in [6, 6.07) is 0. The molecule has 0 saturated carbocycles. The van der Waals surface area contributed by atoms with Crippen LogP contribution in [-0.4, -0.2) is 81.8 Å². The van der Waals surface area contributed by atoms with Gasteiger partial charge in [-0.15, -0.1) is 0 Å². The van der Waals surface area contributed by atoms with Gasteiger partial charge < -0.3 is 15.0 Å². The SMILES string of the molecule is CN(C)C(C)(C)CNC(=O)CCS(=O)(=O)N1CCOCC1. The van der Waals surface area contributed by atoms with Crippen LogP contribution in [0.2, 0.25) is 0 Å². The van der Waals surface area contributed by atoms with Crippen LogP contribution in [-0.2, 0) is 19.6 Å². The van der Waals surface area contributed by atoms with E-state index in [1.54, 1.807) is 0 Å². The monoisotopic (exact) mass is 321 g/mol. The van der Waals surface area contributed by atoms with Crippen molar-refractivity contribution in [2.45, 2.75) is 25.8 Å². The summed E-state index contributed by atoms with van der Waals surface area (Å²) in [7, 11) is 0.513. The number of hydrogen-bond donors (Lipinski definition) is 1. The number of morpholine rings is 1. The first-order valence-electron chi connectivity index (χ1n) is 7.15. The Balaban J connectivity index is 2.38. The molecule has 1 N–H and O–H groups in total. The molecule has 1 saturated heterocycles. The number of sulfonamides is 1. The van der Waals surface area contributed by atoms with Gasteiger partial charge in [-0.3, -0.25) is 4.79 Å². The van der Waals surface area contributed by atoms with E-state index < -0.39 is 10.0 Å². The molecule has 0 bridgehead atoms. The van der Waals surface area contributed by atoms with Crippen LogP contribution in [0.1, 0.15) is 20.3 Å². The van der Waals surface area contributed by atoms with Crippen LogP contribution < -0.4 is 5.32 Å². The second kappa shape index (κ2) is 7.53. The number of rotatable bonds is 7. The molecule has 1 aliphatic heterocycles. The molecule has 0 aromatic heterocycles. The summed E-state index contributed by atoms with van der Waals surface area (Å²) in [4.78, 5) is 13.8. The van der Waals surface area contributed by atoms with E-state index in [0.717, 1.165) is 0 Å². The van der Waals surface area contributed by atoms with Crippen molar-refractivity contribution in [2.75, 3.05) is 52.7 Å². The van der Waals surface area contributed by atoms with Crippen molar-refractivity contribution < 1.29 is 17.9 Å². The molecule has 0 atom stereocenters. The third-order valence-electron chi connectivity index (χ3n) is 3.88. The molecule has 0 unspecified atom stereocenters. The zero-order chi connectivity index (χ0) is 16.1. The van der Waals surface area contributed by atoms with Gasteiger partial charge in [0.2, 0.25) is 15.9 Å². The fraction of sp³-hybridized carbons (Fsp3) is 0.923. The first kappa shape index (κ1) is 18.3. The number of likely N-dealkylation sites (N-methyl/N-ethyl adjacent to an activating group) is 1. The fourth-order valence-electron chi connectivity index (χ4n) is 1.74. The number of ether oxygens (including phenoxy) is 1. The van der Waals surface area contributed by atoms with Gasteiger partial charge in [0.1, 0.15) is 0 Å². The molecule has 0 spiro atoms. The van der Waals surface area contributed by atoms with Crippen molar-refractivity contribution in [3.05, 3.63) is 0 Å². The van der Waals surface area contributed by atoms with E-state index in [4.69, 9.17) is 4.74 Å². The zero-order valence-electron chi connectivity index (χ0n) is 13.4.